The largest absolute Gasteiger partial charge is 0.335 e. The van der Waals surface area contributed by atoms with E-state index in [9.17, 15) is 4.79 Å². The Labute approximate surface area is 144 Å². The van der Waals surface area contributed by atoms with E-state index in [-0.39, 0.29) is 11.9 Å². The van der Waals surface area contributed by atoms with Crippen LogP contribution < -0.4 is 0 Å². The van der Waals surface area contributed by atoms with Gasteiger partial charge in [-0.15, -0.1) is 0 Å². The van der Waals surface area contributed by atoms with Crippen molar-refractivity contribution in [2.24, 2.45) is 0 Å². The standard InChI is InChI=1S/C21H26N2O/c1-16(17-12-14-22-15-13-17)23(2)21(24)20-10-8-19(9-11-20)18-6-4-3-5-7-18/h8-16,18H,3-7H2,1-2H3. The summed E-state index contributed by atoms with van der Waals surface area (Å²) in [4.78, 5) is 18.6. The maximum absolute atomic E-state index is 12.8. The normalized spacial score (nSPS) is 16.6. The van der Waals surface area contributed by atoms with Gasteiger partial charge in [0.15, 0.2) is 0 Å². The fourth-order valence-corrected chi connectivity index (χ4v) is 3.58. The van der Waals surface area contributed by atoms with Gasteiger partial charge in [0.05, 0.1) is 6.04 Å². The van der Waals surface area contributed by atoms with Crippen LogP contribution in [-0.2, 0) is 0 Å². The number of carbonyl (C=O) groups is 1. The molecule has 1 aromatic carbocycles. The van der Waals surface area contributed by atoms with Gasteiger partial charge in [0, 0.05) is 25.0 Å². The summed E-state index contributed by atoms with van der Waals surface area (Å²) in [5, 5.41) is 0. The summed E-state index contributed by atoms with van der Waals surface area (Å²) >= 11 is 0. The van der Waals surface area contributed by atoms with Crippen LogP contribution in [0, 0.1) is 0 Å². The molecule has 0 bridgehead atoms. The predicted octanol–water partition coefficient (Wildman–Crippen LogP) is 4.96. The Morgan fingerprint density at radius 1 is 1.04 bits per heavy atom. The third-order valence-electron chi connectivity index (χ3n) is 5.32. The van der Waals surface area contributed by atoms with Gasteiger partial charge in [0.2, 0.25) is 0 Å². The minimum absolute atomic E-state index is 0.0264. The molecule has 0 saturated heterocycles. The number of rotatable bonds is 4. The number of amides is 1. The second-order valence-corrected chi connectivity index (χ2v) is 6.83. The van der Waals surface area contributed by atoms with Crippen molar-refractivity contribution in [1.29, 1.82) is 0 Å². The highest BCUT2D eigenvalue weighted by atomic mass is 16.2. The highest BCUT2D eigenvalue weighted by molar-refractivity contribution is 5.94. The van der Waals surface area contributed by atoms with E-state index in [1.807, 2.05) is 38.2 Å². The summed E-state index contributed by atoms with van der Waals surface area (Å²) in [6.45, 7) is 2.05. The van der Waals surface area contributed by atoms with Gasteiger partial charge in [0.1, 0.15) is 0 Å². The Bertz CT molecular complexity index is 660. The van der Waals surface area contributed by atoms with E-state index in [1.54, 1.807) is 17.3 Å². The van der Waals surface area contributed by atoms with Crippen LogP contribution in [0.2, 0.25) is 0 Å². The monoisotopic (exact) mass is 322 g/mol. The van der Waals surface area contributed by atoms with E-state index in [0.29, 0.717) is 5.92 Å². The average molecular weight is 322 g/mol. The Kier molecular flexibility index (Phi) is 5.29. The van der Waals surface area contributed by atoms with Crippen molar-refractivity contribution in [2.45, 2.75) is 51.0 Å². The molecule has 1 atom stereocenters. The molecule has 0 aliphatic heterocycles. The number of pyridine rings is 1. The first-order valence-electron chi connectivity index (χ1n) is 8.94. The smallest absolute Gasteiger partial charge is 0.254 e. The SMILES string of the molecule is CC(c1ccncc1)N(C)C(=O)c1ccc(C2CCCCC2)cc1. The highest BCUT2D eigenvalue weighted by Gasteiger charge is 2.20. The Hall–Kier alpha value is -2.16. The van der Waals surface area contributed by atoms with E-state index in [4.69, 9.17) is 0 Å². The maximum atomic E-state index is 12.8. The summed E-state index contributed by atoms with van der Waals surface area (Å²) in [7, 11) is 1.86. The number of aromatic nitrogens is 1. The first-order valence-corrected chi connectivity index (χ1v) is 8.94. The molecule has 3 rings (SSSR count). The second-order valence-electron chi connectivity index (χ2n) is 6.83. The number of hydrogen-bond donors (Lipinski definition) is 0. The maximum Gasteiger partial charge on any atom is 0.254 e. The van der Waals surface area contributed by atoms with Crippen molar-refractivity contribution in [3.05, 3.63) is 65.5 Å². The van der Waals surface area contributed by atoms with Crippen LogP contribution in [0.1, 0.15) is 72.5 Å². The van der Waals surface area contributed by atoms with Gasteiger partial charge >= 0.3 is 0 Å². The molecule has 0 radical (unpaired) electrons. The van der Waals surface area contributed by atoms with Gasteiger partial charge in [0.25, 0.3) is 5.91 Å². The molecule has 1 amide bonds. The minimum atomic E-state index is 0.0264. The molecule has 1 aliphatic rings. The lowest BCUT2D eigenvalue weighted by atomic mass is 9.84. The first kappa shape index (κ1) is 16.7. The number of nitrogens with zero attached hydrogens (tertiary/aromatic N) is 2. The van der Waals surface area contributed by atoms with Gasteiger partial charge < -0.3 is 4.90 Å². The molecule has 2 aromatic rings. The fraction of sp³-hybridized carbons (Fsp3) is 0.429. The molecule has 1 heterocycles. The van der Waals surface area contributed by atoms with Gasteiger partial charge in [-0.1, -0.05) is 31.4 Å². The number of benzene rings is 1. The van der Waals surface area contributed by atoms with Crippen molar-refractivity contribution in [3.63, 3.8) is 0 Å². The molecule has 3 heteroatoms. The van der Waals surface area contributed by atoms with Crippen molar-refractivity contribution < 1.29 is 4.79 Å². The molecule has 0 spiro atoms. The van der Waals surface area contributed by atoms with E-state index < -0.39 is 0 Å². The molecule has 1 unspecified atom stereocenters. The Morgan fingerprint density at radius 3 is 2.29 bits per heavy atom. The van der Waals surface area contributed by atoms with Crippen molar-refractivity contribution in [1.82, 2.24) is 9.88 Å². The quantitative estimate of drug-likeness (QED) is 0.797. The van der Waals surface area contributed by atoms with E-state index in [0.717, 1.165) is 11.1 Å². The lowest BCUT2D eigenvalue weighted by Crippen LogP contribution is -2.29. The zero-order valence-corrected chi connectivity index (χ0v) is 14.6. The fourth-order valence-electron chi connectivity index (χ4n) is 3.58. The van der Waals surface area contributed by atoms with Crippen LogP contribution in [0.25, 0.3) is 0 Å². The van der Waals surface area contributed by atoms with Crippen molar-refractivity contribution in [2.75, 3.05) is 7.05 Å². The summed E-state index contributed by atoms with van der Waals surface area (Å²) < 4.78 is 0. The van der Waals surface area contributed by atoms with Crippen LogP contribution >= 0.6 is 0 Å². The molecule has 3 nitrogen and oxygen atoms in total. The van der Waals surface area contributed by atoms with Gasteiger partial charge in [-0.05, 0) is 61.1 Å². The molecule has 126 valence electrons. The summed E-state index contributed by atoms with van der Waals surface area (Å²) in [5.41, 5.74) is 3.24. The van der Waals surface area contributed by atoms with Gasteiger partial charge in [-0.3, -0.25) is 9.78 Å². The minimum Gasteiger partial charge on any atom is -0.335 e. The van der Waals surface area contributed by atoms with Crippen LogP contribution in [0.4, 0.5) is 0 Å². The lowest BCUT2D eigenvalue weighted by molar-refractivity contribution is 0.0742. The molecular formula is C21H26N2O. The van der Waals surface area contributed by atoms with Crippen molar-refractivity contribution in [3.8, 4) is 0 Å². The Balaban J connectivity index is 1.70. The van der Waals surface area contributed by atoms with Crippen LogP contribution in [0.15, 0.2) is 48.8 Å². The summed E-state index contributed by atoms with van der Waals surface area (Å²) in [6, 6.07) is 12.2. The molecular weight excluding hydrogens is 296 g/mol. The number of carbonyl (C=O) groups excluding carboxylic acids is 1. The molecule has 1 aromatic heterocycles. The Morgan fingerprint density at radius 2 is 1.67 bits per heavy atom. The predicted molar refractivity (Wildman–Crippen MR) is 97.0 cm³/mol. The average Bonchev–Trinajstić information content (AvgIpc) is 2.68. The second kappa shape index (κ2) is 7.61. The molecule has 1 fully saturated rings. The van der Waals surface area contributed by atoms with Crippen LogP contribution in [-0.4, -0.2) is 22.8 Å². The zero-order chi connectivity index (χ0) is 16.9. The van der Waals surface area contributed by atoms with E-state index >= 15 is 0 Å². The highest BCUT2D eigenvalue weighted by Crippen LogP contribution is 2.32. The third-order valence-corrected chi connectivity index (χ3v) is 5.32. The molecule has 1 saturated carbocycles. The van der Waals surface area contributed by atoms with E-state index in [1.165, 1.54) is 37.7 Å². The molecule has 24 heavy (non-hydrogen) atoms. The van der Waals surface area contributed by atoms with Crippen LogP contribution in [0.5, 0.6) is 0 Å². The summed E-state index contributed by atoms with van der Waals surface area (Å²) in [5.74, 6) is 0.742. The van der Waals surface area contributed by atoms with Crippen molar-refractivity contribution >= 4 is 5.91 Å². The first-order chi connectivity index (χ1) is 11.7. The third kappa shape index (κ3) is 3.66. The van der Waals surface area contributed by atoms with Crippen LogP contribution in [0.3, 0.4) is 0 Å². The number of hydrogen-bond acceptors (Lipinski definition) is 2. The lowest BCUT2D eigenvalue weighted by Gasteiger charge is -2.26. The zero-order valence-electron chi connectivity index (χ0n) is 14.6. The van der Waals surface area contributed by atoms with Gasteiger partial charge in [-0.25, -0.2) is 0 Å². The van der Waals surface area contributed by atoms with Gasteiger partial charge in [-0.2, -0.15) is 0 Å². The van der Waals surface area contributed by atoms with E-state index in [2.05, 4.69) is 17.1 Å². The molecule has 0 N–H and O–H groups in total. The molecule has 1 aliphatic carbocycles. The topological polar surface area (TPSA) is 33.2 Å². The summed E-state index contributed by atoms with van der Waals surface area (Å²) in [6.07, 6.45) is 10.1.